The maximum atomic E-state index is 12.7. The molecule has 5 rings (SSSR count). The molecule has 3 aromatic rings. The molecule has 7 heteroatoms. The molecule has 2 aliphatic rings. The third-order valence-corrected chi connectivity index (χ3v) is 6.56. The number of carbonyl (C=O) groups excluding carboxylic acids is 1. The van der Waals surface area contributed by atoms with Crippen molar-refractivity contribution < 1.29 is 14.3 Å². The molecule has 1 saturated carbocycles. The maximum absolute atomic E-state index is 12.7. The van der Waals surface area contributed by atoms with Gasteiger partial charge in [-0.2, -0.15) is 0 Å². The fourth-order valence-electron chi connectivity index (χ4n) is 4.84. The SMILES string of the molecule is COc1ccc(OC(=O)Nc2cc3[nH]c(C4CCCCC4)nc3cc2N2CCCC2)cc1. The van der Waals surface area contributed by atoms with Gasteiger partial charge in [0.25, 0.3) is 0 Å². The van der Waals surface area contributed by atoms with Crippen LogP contribution in [0.15, 0.2) is 36.4 Å². The zero-order valence-electron chi connectivity index (χ0n) is 18.5. The van der Waals surface area contributed by atoms with Crippen molar-refractivity contribution in [1.29, 1.82) is 0 Å². The molecule has 1 saturated heterocycles. The first-order valence-corrected chi connectivity index (χ1v) is 11.6. The summed E-state index contributed by atoms with van der Waals surface area (Å²) in [5.74, 6) is 2.76. The highest BCUT2D eigenvalue weighted by molar-refractivity contribution is 5.96. The largest absolute Gasteiger partial charge is 0.497 e. The van der Waals surface area contributed by atoms with Crippen LogP contribution in [-0.2, 0) is 0 Å². The van der Waals surface area contributed by atoms with Crippen molar-refractivity contribution in [3.05, 3.63) is 42.2 Å². The molecule has 32 heavy (non-hydrogen) atoms. The van der Waals surface area contributed by atoms with Crippen LogP contribution in [0.2, 0.25) is 0 Å². The molecule has 2 fully saturated rings. The highest BCUT2D eigenvalue weighted by Gasteiger charge is 2.22. The Bertz CT molecular complexity index is 1080. The number of benzene rings is 2. The molecule has 168 valence electrons. The van der Waals surface area contributed by atoms with Gasteiger partial charge in [0.15, 0.2) is 0 Å². The van der Waals surface area contributed by atoms with Gasteiger partial charge in [-0.15, -0.1) is 0 Å². The maximum Gasteiger partial charge on any atom is 0.417 e. The number of imidazole rings is 1. The van der Waals surface area contributed by atoms with Crippen LogP contribution in [0.3, 0.4) is 0 Å². The van der Waals surface area contributed by atoms with Crippen molar-refractivity contribution in [1.82, 2.24) is 9.97 Å². The van der Waals surface area contributed by atoms with Gasteiger partial charge >= 0.3 is 6.09 Å². The Hall–Kier alpha value is -3.22. The highest BCUT2D eigenvalue weighted by Crippen LogP contribution is 2.36. The van der Waals surface area contributed by atoms with E-state index in [1.165, 1.54) is 32.1 Å². The number of ether oxygens (including phenoxy) is 2. The van der Waals surface area contributed by atoms with E-state index in [0.29, 0.717) is 17.4 Å². The summed E-state index contributed by atoms with van der Waals surface area (Å²) >= 11 is 0. The van der Waals surface area contributed by atoms with Crippen molar-refractivity contribution >= 4 is 28.5 Å². The summed E-state index contributed by atoms with van der Waals surface area (Å²) in [5.41, 5.74) is 3.66. The molecule has 1 amide bonds. The molecule has 2 N–H and O–H groups in total. The van der Waals surface area contributed by atoms with E-state index in [-0.39, 0.29) is 0 Å². The number of nitrogens with one attached hydrogen (secondary N) is 2. The van der Waals surface area contributed by atoms with E-state index in [0.717, 1.165) is 54.2 Å². The molecule has 1 aromatic heterocycles. The lowest BCUT2D eigenvalue weighted by Gasteiger charge is -2.21. The number of amides is 1. The first-order valence-electron chi connectivity index (χ1n) is 11.6. The number of methoxy groups -OCH3 is 1. The summed E-state index contributed by atoms with van der Waals surface area (Å²) in [6.45, 7) is 1.96. The number of anilines is 2. The minimum Gasteiger partial charge on any atom is -0.497 e. The van der Waals surface area contributed by atoms with Crippen LogP contribution in [0, 0.1) is 0 Å². The van der Waals surface area contributed by atoms with Crippen LogP contribution in [0.25, 0.3) is 11.0 Å². The molecular weight excluding hydrogens is 404 g/mol. The lowest BCUT2D eigenvalue weighted by Crippen LogP contribution is -2.22. The lowest BCUT2D eigenvalue weighted by atomic mass is 9.89. The second kappa shape index (κ2) is 9.10. The van der Waals surface area contributed by atoms with E-state index < -0.39 is 6.09 Å². The predicted octanol–water partition coefficient (Wildman–Crippen LogP) is 5.83. The Labute approximate surface area is 188 Å². The normalized spacial score (nSPS) is 17.0. The average molecular weight is 435 g/mol. The number of hydrogen-bond acceptors (Lipinski definition) is 5. The van der Waals surface area contributed by atoms with Gasteiger partial charge in [0.2, 0.25) is 0 Å². The Kier molecular flexibility index (Phi) is 5.88. The van der Waals surface area contributed by atoms with Crippen molar-refractivity contribution in [2.24, 2.45) is 0 Å². The lowest BCUT2D eigenvalue weighted by molar-refractivity contribution is 0.215. The first kappa shape index (κ1) is 20.7. The Morgan fingerprint density at radius 2 is 1.75 bits per heavy atom. The van der Waals surface area contributed by atoms with Crippen molar-refractivity contribution in [2.45, 2.75) is 50.9 Å². The summed E-state index contributed by atoms with van der Waals surface area (Å²) in [5, 5.41) is 2.96. The number of carbonyl (C=O) groups is 1. The van der Waals surface area contributed by atoms with Crippen LogP contribution in [0.4, 0.5) is 16.2 Å². The first-order chi connectivity index (χ1) is 15.7. The highest BCUT2D eigenvalue weighted by atomic mass is 16.6. The van der Waals surface area contributed by atoms with Gasteiger partial charge in [-0.05, 0) is 62.1 Å². The molecule has 0 spiro atoms. The summed E-state index contributed by atoms with van der Waals surface area (Å²) in [6, 6.07) is 11.1. The molecule has 1 aliphatic heterocycles. The minimum absolute atomic E-state index is 0.466. The van der Waals surface area contributed by atoms with Crippen LogP contribution < -0.4 is 19.7 Å². The quantitative estimate of drug-likeness (QED) is 0.528. The Morgan fingerprint density at radius 1 is 1.03 bits per heavy atom. The molecule has 0 unspecified atom stereocenters. The zero-order chi connectivity index (χ0) is 21.9. The zero-order valence-corrected chi connectivity index (χ0v) is 18.5. The van der Waals surface area contributed by atoms with Crippen molar-refractivity contribution in [3.63, 3.8) is 0 Å². The smallest absolute Gasteiger partial charge is 0.417 e. The van der Waals surface area contributed by atoms with E-state index in [4.69, 9.17) is 14.5 Å². The molecule has 1 aliphatic carbocycles. The number of nitrogens with zero attached hydrogens (tertiary/aromatic N) is 2. The molecule has 0 radical (unpaired) electrons. The summed E-state index contributed by atoms with van der Waals surface area (Å²) < 4.78 is 10.7. The number of aromatic amines is 1. The van der Waals surface area contributed by atoms with Crippen LogP contribution in [0.5, 0.6) is 11.5 Å². The van der Waals surface area contributed by atoms with E-state index in [9.17, 15) is 4.79 Å². The second-order valence-electron chi connectivity index (χ2n) is 8.73. The minimum atomic E-state index is -0.512. The van der Waals surface area contributed by atoms with E-state index in [1.807, 2.05) is 6.07 Å². The number of rotatable bonds is 5. The number of H-pyrrole nitrogens is 1. The number of hydrogen-bond donors (Lipinski definition) is 2. The summed E-state index contributed by atoms with van der Waals surface area (Å²) in [7, 11) is 1.60. The molecule has 7 nitrogen and oxygen atoms in total. The Balaban J connectivity index is 1.41. The Morgan fingerprint density at radius 3 is 2.47 bits per heavy atom. The van der Waals surface area contributed by atoms with Crippen molar-refractivity contribution in [2.75, 3.05) is 30.4 Å². The van der Waals surface area contributed by atoms with Gasteiger partial charge in [0.1, 0.15) is 17.3 Å². The van der Waals surface area contributed by atoms with E-state index in [2.05, 4.69) is 21.3 Å². The molecule has 0 atom stereocenters. The van der Waals surface area contributed by atoms with Crippen LogP contribution in [0.1, 0.15) is 56.7 Å². The predicted molar refractivity (Wildman–Crippen MR) is 126 cm³/mol. The second-order valence-corrected chi connectivity index (χ2v) is 8.73. The van der Waals surface area contributed by atoms with Crippen molar-refractivity contribution in [3.8, 4) is 11.5 Å². The van der Waals surface area contributed by atoms with Gasteiger partial charge in [-0.3, -0.25) is 5.32 Å². The van der Waals surface area contributed by atoms with Gasteiger partial charge < -0.3 is 19.4 Å². The topological polar surface area (TPSA) is 79.5 Å². The fourth-order valence-corrected chi connectivity index (χ4v) is 4.84. The molecule has 2 heterocycles. The third-order valence-electron chi connectivity index (χ3n) is 6.56. The average Bonchev–Trinajstić information content (AvgIpc) is 3.49. The fraction of sp³-hybridized carbons (Fsp3) is 0.440. The third kappa shape index (κ3) is 4.38. The van der Waals surface area contributed by atoms with Gasteiger partial charge in [0.05, 0.1) is 29.5 Å². The monoisotopic (exact) mass is 434 g/mol. The summed E-state index contributed by atoms with van der Waals surface area (Å²) in [6.07, 6.45) is 8.04. The standard InChI is InChI=1S/C25H30N4O3/c1-31-18-9-11-19(12-10-18)32-25(30)28-22-15-20-21(16-23(22)29-13-5-6-14-29)27-24(26-20)17-7-3-2-4-8-17/h9-12,15-17H,2-8,13-14H2,1H3,(H,26,27)(H,28,30). The van der Waals surface area contributed by atoms with E-state index >= 15 is 0 Å². The molecule has 0 bridgehead atoms. The van der Waals surface area contributed by atoms with Gasteiger partial charge in [-0.1, -0.05) is 19.3 Å². The van der Waals surface area contributed by atoms with E-state index in [1.54, 1.807) is 31.4 Å². The molecule has 2 aromatic carbocycles. The van der Waals surface area contributed by atoms with Gasteiger partial charge in [-0.25, -0.2) is 9.78 Å². The van der Waals surface area contributed by atoms with Gasteiger partial charge in [0, 0.05) is 19.0 Å². The van der Waals surface area contributed by atoms with Crippen LogP contribution in [-0.4, -0.2) is 36.3 Å². The van der Waals surface area contributed by atoms with Crippen LogP contribution >= 0.6 is 0 Å². The number of aromatic nitrogens is 2. The summed E-state index contributed by atoms with van der Waals surface area (Å²) in [4.78, 5) is 23.5. The molecular formula is C25H30N4O3. The number of fused-ring (bicyclic) bond motifs is 1.